The lowest BCUT2D eigenvalue weighted by atomic mass is 9.85. The molecule has 5 amide bonds. The Balaban J connectivity index is -0.000000541. The Morgan fingerprint density at radius 2 is 1.39 bits per heavy atom. The van der Waals surface area contributed by atoms with Gasteiger partial charge in [-0.2, -0.15) is 0 Å². The molecular formula is C41H87N7O5S. The van der Waals surface area contributed by atoms with Gasteiger partial charge >= 0.3 is 6.03 Å². The highest BCUT2D eigenvalue weighted by atomic mass is 32.1. The minimum absolute atomic E-state index is 0.137. The summed E-state index contributed by atoms with van der Waals surface area (Å²) >= 11 is 3.93. The van der Waals surface area contributed by atoms with Gasteiger partial charge in [-0.05, 0) is 49.5 Å². The maximum absolute atomic E-state index is 13.8. The number of thiol groups is 1. The van der Waals surface area contributed by atoms with E-state index in [4.69, 9.17) is 5.73 Å². The van der Waals surface area contributed by atoms with E-state index < -0.39 is 47.2 Å². The topological polar surface area (TPSA) is 166 Å². The first-order valence-corrected chi connectivity index (χ1v) is 20.9. The largest absolute Gasteiger partial charge is 0.346 e. The molecule has 0 radical (unpaired) electrons. The zero-order chi connectivity index (χ0) is 43.8. The standard InChI is InChI=1S/C30H54N6O5.C3H9NS.4C2H6/c1-10-16-32-26(39)23(37)20(15-14-19(3)11-2)33-25(38)21-13-12-17-36(21)27(40)24(30(7,8)9)35-28(41)34-22(18-31)29(4,5)6;1-3-4(2)5;4*1-2/h10,19-22,24H,1,11-18,31H2,2-9H3,(H,32,39)(H,33,38)(H2,34,35,41);5H,3H2,1-2H3;4*1-2H3. The number of nitrogens with zero attached hydrogens (tertiary/aromatic N) is 2. The maximum atomic E-state index is 13.8. The predicted octanol–water partition coefficient (Wildman–Crippen LogP) is 7.13. The Labute approximate surface area is 338 Å². The van der Waals surface area contributed by atoms with E-state index in [1.54, 1.807) is 0 Å². The monoisotopic (exact) mass is 790 g/mol. The number of hydrogen-bond acceptors (Lipinski definition) is 8. The third-order valence-corrected chi connectivity index (χ3v) is 8.46. The number of hydrogen-bond donors (Lipinski definition) is 6. The van der Waals surface area contributed by atoms with Crippen LogP contribution in [-0.4, -0.2) is 96.1 Å². The Kier molecular flexibility index (Phi) is 39.1. The highest BCUT2D eigenvalue weighted by Crippen LogP contribution is 2.26. The van der Waals surface area contributed by atoms with Gasteiger partial charge in [-0.25, -0.2) is 4.79 Å². The quantitative estimate of drug-likeness (QED) is 0.0583. The fraction of sp³-hybridized carbons (Fsp3) is 0.829. The molecule has 0 aromatic rings. The third-order valence-electron chi connectivity index (χ3n) is 8.18. The molecule has 1 aliphatic rings. The number of carbonyl (C=O) groups excluding carboxylic acids is 5. The summed E-state index contributed by atoms with van der Waals surface area (Å²) in [5, 5.41) is 10.9. The van der Waals surface area contributed by atoms with Crippen molar-refractivity contribution in [2.75, 3.05) is 33.2 Å². The number of likely N-dealkylation sites (tertiary alicyclic amines) is 1. The van der Waals surface area contributed by atoms with Crippen LogP contribution in [0.2, 0.25) is 0 Å². The van der Waals surface area contributed by atoms with E-state index >= 15 is 0 Å². The van der Waals surface area contributed by atoms with Gasteiger partial charge in [0, 0.05) is 32.2 Å². The minimum atomic E-state index is -1.01. The second kappa shape index (κ2) is 34.8. The van der Waals surface area contributed by atoms with Crippen molar-refractivity contribution in [2.45, 2.75) is 174 Å². The van der Waals surface area contributed by atoms with Crippen molar-refractivity contribution in [1.82, 2.24) is 30.5 Å². The highest BCUT2D eigenvalue weighted by molar-refractivity contribution is 7.77. The molecule has 0 saturated carbocycles. The minimum Gasteiger partial charge on any atom is -0.346 e. The van der Waals surface area contributed by atoms with Gasteiger partial charge in [-0.15, -0.1) is 6.58 Å². The molecule has 13 heteroatoms. The molecule has 0 bridgehead atoms. The molecule has 12 nitrogen and oxygen atoms in total. The van der Waals surface area contributed by atoms with Gasteiger partial charge in [0.15, 0.2) is 0 Å². The van der Waals surface area contributed by atoms with Crippen LogP contribution >= 0.6 is 12.8 Å². The molecule has 1 fully saturated rings. The smallest absolute Gasteiger partial charge is 0.315 e. The summed E-state index contributed by atoms with van der Waals surface area (Å²) in [4.78, 5) is 67.1. The SMILES string of the molecule is C=CCNC(=O)C(=O)C(CCC(C)CC)NC(=O)C1CCCN1C(=O)C(NC(=O)NC(CN)C(C)(C)C)C(C)(C)C.CC.CC.CC.CC.CCN(C)S. The van der Waals surface area contributed by atoms with Crippen molar-refractivity contribution >= 4 is 42.4 Å². The van der Waals surface area contributed by atoms with Gasteiger partial charge in [-0.3, -0.25) is 23.5 Å². The number of nitrogens with two attached hydrogens (primary N) is 1. The summed E-state index contributed by atoms with van der Waals surface area (Å²) in [6, 6.07) is -3.56. The fourth-order valence-corrected chi connectivity index (χ4v) is 4.68. The van der Waals surface area contributed by atoms with E-state index in [9.17, 15) is 24.0 Å². The number of nitrogens with one attached hydrogen (secondary N) is 4. The summed E-state index contributed by atoms with van der Waals surface area (Å²) < 4.78 is 1.82. The van der Waals surface area contributed by atoms with E-state index in [1.807, 2.05) is 129 Å². The van der Waals surface area contributed by atoms with Crippen LogP contribution in [0.25, 0.3) is 0 Å². The van der Waals surface area contributed by atoms with Gasteiger partial charge in [-0.1, -0.05) is 143 Å². The first kappa shape index (κ1) is 60.6. The number of carbonyl (C=O) groups is 5. The van der Waals surface area contributed by atoms with E-state index in [0.29, 0.717) is 38.1 Å². The van der Waals surface area contributed by atoms with Crippen LogP contribution in [0.15, 0.2) is 12.7 Å². The van der Waals surface area contributed by atoms with Crippen molar-refractivity contribution in [1.29, 1.82) is 0 Å². The van der Waals surface area contributed by atoms with Crippen LogP contribution < -0.4 is 27.0 Å². The molecule has 1 saturated heterocycles. The van der Waals surface area contributed by atoms with Crippen LogP contribution in [0, 0.1) is 16.7 Å². The van der Waals surface area contributed by atoms with Gasteiger partial charge in [0.25, 0.3) is 5.91 Å². The molecule has 322 valence electrons. The van der Waals surface area contributed by atoms with Crippen molar-refractivity contribution in [3.8, 4) is 0 Å². The second-order valence-corrected chi connectivity index (χ2v) is 14.9. The van der Waals surface area contributed by atoms with Gasteiger partial charge in [0.1, 0.15) is 12.1 Å². The van der Waals surface area contributed by atoms with Crippen LogP contribution in [0.3, 0.4) is 0 Å². The molecule has 0 aliphatic carbocycles. The Bertz CT molecular complexity index is 1010. The zero-order valence-electron chi connectivity index (χ0n) is 38.0. The normalized spacial score (nSPS) is 15.4. The van der Waals surface area contributed by atoms with E-state index in [-0.39, 0.29) is 30.5 Å². The van der Waals surface area contributed by atoms with Crippen LogP contribution in [0.1, 0.15) is 150 Å². The van der Waals surface area contributed by atoms with Crippen molar-refractivity contribution in [3.63, 3.8) is 0 Å². The second-order valence-electron chi connectivity index (χ2n) is 14.2. The molecule has 1 rings (SSSR count). The maximum Gasteiger partial charge on any atom is 0.315 e. The third kappa shape index (κ3) is 26.2. The fourth-order valence-electron chi connectivity index (χ4n) is 4.68. The molecular weight excluding hydrogens is 703 g/mol. The number of Topliss-reactive ketones (excluding diaryl/α,β-unsaturated/α-hetero) is 1. The van der Waals surface area contributed by atoms with Crippen LogP contribution in [0.4, 0.5) is 4.79 Å². The summed E-state index contributed by atoms with van der Waals surface area (Å²) in [6.45, 7) is 38.8. The average Bonchev–Trinajstić information content (AvgIpc) is 3.65. The highest BCUT2D eigenvalue weighted by Gasteiger charge is 2.43. The number of ketones is 1. The lowest BCUT2D eigenvalue weighted by Gasteiger charge is -2.37. The first-order valence-electron chi connectivity index (χ1n) is 20.5. The van der Waals surface area contributed by atoms with Gasteiger partial charge < -0.3 is 31.9 Å². The van der Waals surface area contributed by atoms with Crippen molar-refractivity contribution < 1.29 is 24.0 Å². The van der Waals surface area contributed by atoms with E-state index in [2.05, 4.69) is 40.7 Å². The lowest BCUT2D eigenvalue weighted by Crippen LogP contribution is -2.61. The molecule has 0 aromatic heterocycles. The number of rotatable bonds is 15. The summed E-state index contributed by atoms with van der Waals surface area (Å²) in [5.74, 6) is -2.06. The average molecular weight is 790 g/mol. The number of amides is 5. The van der Waals surface area contributed by atoms with Crippen LogP contribution in [-0.2, 0) is 19.2 Å². The Morgan fingerprint density at radius 3 is 1.78 bits per heavy atom. The van der Waals surface area contributed by atoms with E-state index in [1.165, 1.54) is 11.0 Å². The molecule has 0 spiro atoms. The summed E-state index contributed by atoms with van der Waals surface area (Å²) in [5.41, 5.74) is 4.93. The Hall–Kier alpha value is -2.64. The van der Waals surface area contributed by atoms with Crippen molar-refractivity contribution in [2.24, 2.45) is 22.5 Å². The first-order chi connectivity index (χ1) is 25.2. The predicted molar refractivity (Wildman–Crippen MR) is 233 cm³/mol. The molecule has 5 atom stereocenters. The summed E-state index contributed by atoms with van der Waals surface area (Å²) in [7, 11) is 1.92. The molecule has 1 aliphatic heterocycles. The number of urea groups is 1. The van der Waals surface area contributed by atoms with Crippen LogP contribution in [0.5, 0.6) is 0 Å². The lowest BCUT2D eigenvalue weighted by molar-refractivity contribution is -0.143. The molecule has 5 unspecified atom stereocenters. The van der Waals surface area contributed by atoms with Crippen molar-refractivity contribution in [3.05, 3.63) is 12.7 Å². The molecule has 1 heterocycles. The zero-order valence-corrected chi connectivity index (χ0v) is 38.9. The molecule has 0 aromatic carbocycles. The van der Waals surface area contributed by atoms with E-state index in [0.717, 1.165) is 13.0 Å². The van der Waals surface area contributed by atoms with Gasteiger partial charge in [0.05, 0.1) is 6.04 Å². The van der Waals surface area contributed by atoms with Gasteiger partial charge in [0.2, 0.25) is 17.6 Å². The Morgan fingerprint density at radius 1 is 0.889 bits per heavy atom. The molecule has 54 heavy (non-hydrogen) atoms. The molecule has 6 N–H and O–H groups in total. The summed E-state index contributed by atoms with van der Waals surface area (Å²) in [6.07, 6.45) is 4.34.